The molecule has 0 aliphatic heterocycles. The van der Waals surface area contributed by atoms with E-state index in [9.17, 15) is 0 Å². The lowest BCUT2D eigenvalue weighted by molar-refractivity contribution is 0.0519. The van der Waals surface area contributed by atoms with E-state index in [1.54, 1.807) is 0 Å². The molecular formula is C18H31BrN2. The molecule has 1 atom stereocenters. The van der Waals surface area contributed by atoms with Crippen molar-refractivity contribution in [2.75, 3.05) is 20.1 Å². The largest absolute Gasteiger partial charge is 0.315 e. The molecule has 1 rings (SSSR count). The fourth-order valence-electron chi connectivity index (χ4n) is 3.71. The molecule has 0 fully saturated rings. The van der Waals surface area contributed by atoms with Crippen molar-refractivity contribution in [1.29, 1.82) is 0 Å². The normalized spacial score (nSPS) is 13.7. The number of nitrogens with zero attached hydrogens (tertiary/aromatic N) is 1. The monoisotopic (exact) mass is 354 g/mol. The summed E-state index contributed by atoms with van der Waals surface area (Å²) in [6, 6.07) is 9.03. The van der Waals surface area contributed by atoms with Gasteiger partial charge in [-0.2, -0.15) is 0 Å². The van der Waals surface area contributed by atoms with Gasteiger partial charge in [0.25, 0.3) is 0 Å². The SMILES string of the molecule is CCN(CC)C(CC)(CC)C(Cc1ccccc1Br)NC. The molecule has 0 aliphatic rings. The molecule has 0 heterocycles. The van der Waals surface area contributed by atoms with Crippen LogP contribution in [0.2, 0.25) is 0 Å². The number of likely N-dealkylation sites (N-methyl/N-ethyl adjacent to an activating group) is 2. The third-order valence-corrected chi connectivity index (χ3v) is 5.77. The molecule has 1 aromatic carbocycles. The predicted molar refractivity (Wildman–Crippen MR) is 96.9 cm³/mol. The highest BCUT2D eigenvalue weighted by Gasteiger charge is 2.39. The first-order valence-corrected chi connectivity index (χ1v) is 9.04. The summed E-state index contributed by atoms with van der Waals surface area (Å²) in [7, 11) is 2.10. The van der Waals surface area contributed by atoms with Crippen LogP contribution in [0.3, 0.4) is 0 Å². The van der Waals surface area contributed by atoms with Crippen molar-refractivity contribution in [3.63, 3.8) is 0 Å². The van der Waals surface area contributed by atoms with Crippen molar-refractivity contribution in [1.82, 2.24) is 10.2 Å². The molecule has 1 unspecified atom stereocenters. The van der Waals surface area contributed by atoms with Gasteiger partial charge in [-0.05, 0) is 51.0 Å². The number of benzene rings is 1. The Morgan fingerprint density at radius 2 is 1.67 bits per heavy atom. The van der Waals surface area contributed by atoms with Gasteiger partial charge < -0.3 is 5.32 Å². The van der Waals surface area contributed by atoms with Gasteiger partial charge in [0, 0.05) is 16.1 Å². The van der Waals surface area contributed by atoms with Gasteiger partial charge in [0.1, 0.15) is 0 Å². The Morgan fingerprint density at radius 1 is 1.10 bits per heavy atom. The van der Waals surface area contributed by atoms with Crippen LogP contribution in [-0.4, -0.2) is 36.6 Å². The molecule has 0 saturated carbocycles. The molecule has 0 bridgehead atoms. The van der Waals surface area contributed by atoms with Gasteiger partial charge in [-0.25, -0.2) is 0 Å². The summed E-state index contributed by atoms with van der Waals surface area (Å²) >= 11 is 3.69. The van der Waals surface area contributed by atoms with Crippen LogP contribution in [-0.2, 0) is 6.42 Å². The highest BCUT2D eigenvalue weighted by atomic mass is 79.9. The summed E-state index contributed by atoms with van der Waals surface area (Å²) in [5.41, 5.74) is 1.60. The number of hydrogen-bond acceptors (Lipinski definition) is 2. The van der Waals surface area contributed by atoms with E-state index < -0.39 is 0 Å². The molecule has 0 spiro atoms. The van der Waals surface area contributed by atoms with Gasteiger partial charge in [-0.1, -0.05) is 61.8 Å². The number of hydrogen-bond donors (Lipinski definition) is 1. The number of nitrogens with one attached hydrogen (secondary N) is 1. The van der Waals surface area contributed by atoms with Gasteiger partial charge >= 0.3 is 0 Å². The maximum Gasteiger partial charge on any atom is 0.0360 e. The van der Waals surface area contributed by atoms with Crippen LogP contribution in [0.5, 0.6) is 0 Å². The second-order valence-corrected chi connectivity index (χ2v) is 6.47. The number of halogens is 1. The van der Waals surface area contributed by atoms with Gasteiger partial charge in [0.15, 0.2) is 0 Å². The van der Waals surface area contributed by atoms with E-state index in [1.165, 1.54) is 22.9 Å². The van der Waals surface area contributed by atoms with Gasteiger partial charge in [-0.15, -0.1) is 0 Å². The van der Waals surface area contributed by atoms with E-state index >= 15 is 0 Å². The first-order chi connectivity index (χ1) is 10.1. The Labute approximate surface area is 139 Å². The fraction of sp³-hybridized carbons (Fsp3) is 0.667. The van der Waals surface area contributed by atoms with E-state index in [1.807, 2.05) is 0 Å². The summed E-state index contributed by atoms with van der Waals surface area (Å²) in [4.78, 5) is 2.63. The summed E-state index contributed by atoms with van der Waals surface area (Å²) in [6.07, 6.45) is 3.39. The van der Waals surface area contributed by atoms with Crippen LogP contribution in [0.25, 0.3) is 0 Å². The molecule has 120 valence electrons. The first kappa shape index (κ1) is 18.7. The number of rotatable bonds is 9. The third-order valence-electron chi connectivity index (χ3n) is 5.00. The average molecular weight is 355 g/mol. The van der Waals surface area contributed by atoms with Crippen LogP contribution in [0.15, 0.2) is 28.7 Å². The lowest BCUT2D eigenvalue weighted by Gasteiger charge is -2.48. The lowest BCUT2D eigenvalue weighted by atomic mass is 9.79. The van der Waals surface area contributed by atoms with E-state index in [2.05, 4.69) is 85.2 Å². The molecule has 0 aromatic heterocycles. The molecule has 1 N–H and O–H groups in total. The van der Waals surface area contributed by atoms with Crippen LogP contribution >= 0.6 is 15.9 Å². The summed E-state index contributed by atoms with van der Waals surface area (Å²) < 4.78 is 1.21. The Balaban J connectivity index is 3.11. The molecular weight excluding hydrogens is 324 g/mol. The van der Waals surface area contributed by atoms with Gasteiger partial charge in [-0.3, -0.25) is 4.90 Å². The van der Waals surface area contributed by atoms with Crippen LogP contribution in [0.1, 0.15) is 46.1 Å². The van der Waals surface area contributed by atoms with Gasteiger partial charge in [0.2, 0.25) is 0 Å². The molecule has 0 amide bonds. The van der Waals surface area contributed by atoms with Crippen LogP contribution < -0.4 is 5.32 Å². The van der Waals surface area contributed by atoms with Crippen molar-refractivity contribution in [3.8, 4) is 0 Å². The quantitative estimate of drug-likeness (QED) is 0.703. The Kier molecular flexibility index (Phi) is 7.93. The van der Waals surface area contributed by atoms with Crippen molar-refractivity contribution in [3.05, 3.63) is 34.3 Å². The van der Waals surface area contributed by atoms with Crippen LogP contribution in [0.4, 0.5) is 0 Å². The lowest BCUT2D eigenvalue weighted by Crippen LogP contribution is -2.61. The smallest absolute Gasteiger partial charge is 0.0360 e. The molecule has 0 radical (unpaired) electrons. The Bertz CT molecular complexity index is 411. The fourth-order valence-corrected chi connectivity index (χ4v) is 4.16. The third kappa shape index (κ3) is 4.08. The van der Waals surface area contributed by atoms with Crippen LogP contribution in [0, 0.1) is 0 Å². The highest BCUT2D eigenvalue weighted by Crippen LogP contribution is 2.31. The maximum absolute atomic E-state index is 3.69. The average Bonchev–Trinajstić information content (AvgIpc) is 2.52. The minimum absolute atomic E-state index is 0.216. The molecule has 21 heavy (non-hydrogen) atoms. The van der Waals surface area contributed by atoms with Crippen molar-refractivity contribution >= 4 is 15.9 Å². The van der Waals surface area contributed by atoms with Crippen molar-refractivity contribution in [2.24, 2.45) is 0 Å². The maximum atomic E-state index is 3.69. The summed E-state index contributed by atoms with van der Waals surface area (Å²) in [5, 5.41) is 3.61. The van der Waals surface area contributed by atoms with Crippen molar-refractivity contribution < 1.29 is 0 Å². The zero-order valence-electron chi connectivity index (χ0n) is 14.2. The molecule has 1 aromatic rings. The minimum atomic E-state index is 0.216. The molecule has 3 heteroatoms. The van der Waals surface area contributed by atoms with E-state index in [4.69, 9.17) is 0 Å². The molecule has 2 nitrogen and oxygen atoms in total. The topological polar surface area (TPSA) is 15.3 Å². The Morgan fingerprint density at radius 3 is 2.10 bits per heavy atom. The summed E-state index contributed by atoms with van der Waals surface area (Å²) in [6.45, 7) is 11.4. The standard InChI is InChI=1S/C18H31BrN2/c1-6-18(7-2,21(8-3)9-4)17(20-5)14-15-12-10-11-13-16(15)19/h10-13,17,20H,6-9,14H2,1-5H3. The molecule has 0 saturated heterocycles. The zero-order valence-corrected chi connectivity index (χ0v) is 15.8. The second-order valence-electron chi connectivity index (χ2n) is 5.62. The molecule has 0 aliphatic carbocycles. The van der Waals surface area contributed by atoms with E-state index in [-0.39, 0.29) is 5.54 Å². The summed E-state index contributed by atoms with van der Waals surface area (Å²) in [5.74, 6) is 0. The minimum Gasteiger partial charge on any atom is -0.315 e. The van der Waals surface area contributed by atoms with E-state index in [0.717, 1.165) is 19.5 Å². The zero-order chi connectivity index (χ0) is 15.9. The van der Waals surface area contributed by atoms with Gasteiger partial charge in [0.05, 0.1) is 0 Å². The highest BCUT2D eigenvalue weighted by molar-refractivity contribution is 9.10. The first-order valence-electron chi connectivity index (χ1n) is 8.25. The van der Waals surface area contributed by atoms with E-state index in [0.29, 0.717) is 6.04 Å². The predicted octanol–water partition coefficient (Wildman–Crippen LogP) is 4.48. The van der Waals surface area contributed by atoms with Crippen molar-refractivity contribution in [2.45, 2.75) is 58.5 Å². The Hall–Kier alpha value is -0.380. The second kappa shape index (κ2) is 8.92.